The number of β-amino-alcohol motifs (C(OH)–C–C–N with tert-alkyl or cyclic N) is 1. The van der Waals surface area contributed by atoms with Crippen LogP contribution in [0.4, 0.5) is 23.7 Å². The Balaban J connectivity index is 2.02. The van der Waals surface area contributed by atoms with Crippen LogP contribution in [0.3, 0.4) is 0 Å². The molecule has 0 aliphatic carbocycles. The quantitative estimate of drug-likeness (QED) is 0.812. The molecule has 0 spiro atoms. The van der Waals surface area contributed by atoms with E-state index in [4.69, 9.17) is 0 Å². The van der Waals surface area contributed by atoms with Gasteiger partial charge in [-0.15, -0.1) is 13.2 Å². The molecule has 132 valence electrons. The van der Waals surface area contributed by atoms with Gasteiger partial charge in [0.15, 0.2) is 0 Å². The number of nitrogens with one attached hydrogen (secondary N) is 1. The van der Waals surface area contributed by atoms with E-state index in [0.717, 1.165) is 17.0 Å². The van der Waals surface area contributed by atoms with Crippen molar-refractivity contribution < 1.29 is 37.3 Å². The summed E-state index contributed by atoms with van der Waals surface area (Å²) in [5.41, 5.74) is 0.208. The van der Waals surface area contributed by atoms with Gasteiger partial charge in [0.25, 0.3) is 0 Å². The number of hydrogen-bond acceptors (Lipinski definition) is 5. The molecule has 1 heterocycles. The molecule has 24 heavy (non-hydrogen) atoms. The maximum atomic E-state index is 12.2. The second-order valence-electron chi connectivity index (χ2n) is 5.08. The summed E-state index contributed by atoms with van der Waals surface area (Å²) in [6.45, 7) is -0.0547. The molecule has 0 saturated carbocycles. The summed E-state index contributed by atoms with van der Waals surface area (Å²) in [6, 6.07) is 2.93. The number of rotatable bonds is 3. The van der Waals surface area contributed by atoms with E-state index in [9.17, 15) is 27.9 Å². The predicted octanol–water partition coefficient (Wildman–Crippen LogP) is 1.73. The van der Waals surface area contributed by atoms with Crippen LogP contribution in [0.25, 0.3) is 0 Å². The van der Waals surface area contributed by atoms with Crippen LogP contribution in [-0.4, -0.2) is 54.2 Å². The Hall–Kier alpha value is -2.49. The van der Waals surface area contributed by atoms with Crippen LogP contribution in [0.2, 0.25) is 0 Å². The molecule has 7 nitrogen and oxygen atoms in total. The number of aliphatic hydroxyl groups is 1. The molecule has 1 aromatic rings. The molecule has 0 aromatic heterocycles. The highest BCUT2D eigenvalue weighted by Crippen LogP contribution is 2.25. The van der Waals surface area contributed by atoms with Gasteiger partial charge in [-0.2, -0.15) is 0 Å². The number of alkyl halides is 3. The number of aliphatic hydroxyl groups excluding tert-OH is 1. The van der Waals surface area contributed by atoms with Crippen LogP contribution < -0.4 is 10.1 Å². The van der Waals surface area contributed by atoms with Gasteiger partial charge in [-0.25, -0.2) is 9.59 Å². The highest BCUT2D eigenvalue weighted by atomic mass is 19.4. The highest BCUT2D eigenvalue weighted by molar-refractivity contribution is 5.93. The van der Waals surface area contributed by atoms with Gasteiger partial charge < -0.3 is 24.8 Å². The SMILES string of the molecule is COC(=O)C1C[C@@H](O)CN1C(=O)Nc1ccc(OC(F)(F)F)cc1. The molecular formula is C14H15F3N2O5. The third-order valence-electron chi connectivity index (χ3n) is 3.35. The first kappa shape index (κ1) is 17.9. The summed E-state index contributed by atoms with van der Waals surface area (Å²) in [6.07, 6.45) is -5.61. The predicted molar refractivity (Wildman–Crippen MR) is 75.3 cm³/mol. The number of carbonyl (C=O) groups is 2. The normalized spacial score (nSPS) is 20.6. The van der Waals surface area contributed by atoms with Crippen molar-refractivity contribution in [3.8, 4) is 5.75 Å². The van der Waals surface area contributed by atoms with Crippen LogP contribution in [0.15, 0.2) is 24.3 Å². The lowest BCUT2D eigenvalue weighted by Gasteiger charge is -2.22. The number of hydrogen-bond donors (Lipinski definition) is 2. The van der Waals surface area contributed by atoms with Crippen LogP contribution in [-0.2, 0) is 9.53 Å². The molecule has 1 saturated heterocycles. The van der Waals surface area contributed by atoms with E-state index >= 15 is 0 Å². The second-order valence-corrected chi connectivity index (χ2v) is 5.08. The van der Waals surface area contributed by atoms with E-state index < -0.39 is 36.3 Å². The van der Waals surface area contributed by atoms with Crippen molar-refractivity contribution in [2.45, 2.75) is 24.9 Å². The molecule has 10 heteroatoms. The number of carbonyl (C=O) groups excluding carboxylic acids is 2. The van der Waals surface area contributed by atoms with Crippen molar-refractivity contribution in [3.63, 3.8) is 0 Å². The first-order chi connectivity index (χ1) is 11.2. The molecule has 1 fully saturated rings. The van der Waals surface area contributed by atoms with Gasteiger partial charge in [-0.3, -0.25) is 0 Å². The van der Waals surface area contributed by atoms with Gasteiger partial charge in [-0.05, 0) is 24.3 Å². The topological polar surface area (TPSA) is 88.1 Å². The standard InChI is InChI=1S/C14H15F3N2O5/c1-23-12(21)11-6-9(20)7-19(11)13(22)18-8-2-4-10(5-3-8)24-14(15,16)17/h2-5,9,11,20H,6-7H2,1H3,(H,18,22)/t9-,11?/m1/s1. The summed E-state index contributed by atoms with van der Waals surface area (Å²) in [5, 5.41) is 12.1. The molecule has 2 rings (SSSR count). The summed E-state index contributed by atoms with van der Waals surface area (Å²) < 4.78 is 44.5. The van der Waals surface area contributed by atoms with Gasteiger partial charge in [0.05, 0.1) is 13.2 Å². The van der Waals surface area contributed by atoms with Crippen molar-refractivity contribution in [2.24, 2.45) is 0 Å². The van der Waals surface area contributed by atoms with Gasteiger partial charge in [0, 0.05) is 18.7 Å². The van der Waals surface area contributed by atoms with Crippen molar-refractivity contribution in [3.05, 3.63) is 24.3 Å². The maximum absolute atomic E-state index is 12.2. The fourth-order valence-electron chi connectivity index (χ4n) is 2.33. The number of likely N-dealkylation sites (tertiary alicyclic amines) is 1. The molecule has 1 unspecified atom stereocenters. The molecule has 1 aliphatic heterocycles. The zero-order valence-corrected chi connectivity index (χ0v) is 12.5. The lowest BCUT2D eigenvalue weighted by atomic mass is 10.2. The third-order valence-corrected chi connectivity index (χ3v) is 3.35. The Kier molecular flexibility index (Phi) is 5.17. The van der Waals surface area contributed by atoms with E-state index in [0.29, 0.717) is 0 Å². The zero-order valence-electron chi connectivity index (χ0n) is 12.5. The minimum absolute atomic E-state index is 0.0540. The van der Waals surface area contributed by atoms with Crippen molar-refractivity contribution in [1.82, 2.24) is 4.90 Å². The molecule has 0 bridgehead atoms. The largest absolute Gasteiger partial charge is 0.573 e. The molecular weight excluding hydrogens is 333 g/mol. The molecule has 1 aliphatic rings. The Morgan fingerprint density at radius 2 is 1.92 bits per heavy atom. The van der Waals surface area contributed by atoms with Gasteiger partial charge in [0.1, 0.15) is 11.8 Å². The number of halogens is 3. The van der Waals surface area contributed by atoms with E-state index in [1.54, 1.807) is 0 Å². The summed E-state index contributed by atoms with van der Waals surface area (Å²) in [5.74, 6) is -1.08. The summed E-state index contributed by atoms with van der Waals surface area (Å²) in [4.78, 5) is 24.9. The van der Waals surface area contributed by atoms with Crippen LogP contribution >= 0.6 is 0 Å². The number of nitrogens with zero attached hydrogens (tertiary/aromatic N) is 1. The zero-order chi connectivity index (χ0) is 17.9. The summed E-state index contributed by atoms with van der Waals surface area (Å²) >= 11 is 0. The highest BCUT2D eigenvalue weighted by Gasteiger charge is 2.39. The number of methoxy groups -OCH3 is 1. The Bertz CT molecular complexity index is 605. The van der Waals surface area contributed by atoms with Gasteiger partial charge >= 0.3 is 18.4 Å². The van der Waals surface area contributed by atoms with E-state index in [1.807, 2.05) is 0 Å². The first-order valence-corrected chi connectivity index (χ1v) is 6.89. The average Bonchev–Trinajstić information content (AvgIpc) is 2.89. The van der Waals surface area contributed by atoms with Gasteiger partial charge in [0.2, 0.25) is 0 Å². The first-order valence-electron chi connectivity index (χ1n) is 6.89. The fraction of sp³-hybridized carbons (Fsp3) is 0.429. The number of esters is 1. The molecule has 2 amide bonds. The molecule has 0 radical (unpaired) electrons. The van der Waals surface area contributed by atoms with Crippen LogP contribution in [0.1, 0.15) is 6.42 Å². The molecule has 2 N–H and O–H groups in total. The minimum atomic E-state index is -4.80. The average molecular weight is 348 g/mol. The molecule has 2 atom stereocenters. The molecule has 1 aromatic carbocycles. The van der Waals surface area contributed by atoms with Crippen LogP contribution in [0.5, 0.6) is 5.75 Å². The Labute approximate surface area is 134 Å². The maximum Gasteiger partial charge on any atom is 0.573 e. The van der Waals surface area contributed by atoms with Crippen molar-refractivity contribution in [1.29, 1.82) is 0 Å². The van der Waals surface area contributed by atoms with E-state index in [1.165, 1.54) is 19.2 Å². The lowest BCUT2D eigenvalue weighted by Crippen LogP contribution is -2.43. The van der Waals surface area contributed by atoms with Gasteiger partial charge in [-0.1, -0.05) is 0 Å². The van der Waals surface area contributed by atoms with Crippen molar-refractivity contribution >= 4 is 17.7 Å². The minimum Gasteiger partial charge on any atom is -0.467 e. The smallest absolute Gasteiger partial charge is 0.467 e. The number of benzene rings is 1. The van der Waals surface area contributed by atoms with E-state index in [-0.39, 0.29) is 18.7 Å². The number of amides is 2. The number of ether oxygens (including phenoxy) is 2. The fourth-order valence-corrected chi connectivity index (χ4v) is 2.33. The third kappa shape index (κ3) is 4.51. The lowest BCUT2D eigenvalue weighted by molar-refractivity contribution is -0.274. The summed E-state index contributed by atoms with van der Waals surface area (Å²) in [7, 11) is 1.17. The Morgan fingerprint density at radius 3 is 2.46 bits per heavy atom. The monoisotopic (exact) mass is 348 g/mol. The van der Waals surface area contributed by atoms with Crippen molar-refractivity contribution in [2.75, 3.05) is 19.0 Å². The number of urea groups is 1. The Morgan fingerprint density at radius 1 is 1.29 bits per heavy atom. The van der Waals surface area contributed by atoms with Crippen LogP contribution in [0, 0.1) is 0 Å². The second kappa shape index (κ2) is 6.95. The number of anilines is 1. The van der Waals surface area contributed by atoms with E-state index in [2.05, 4.69) is 14.8 Å².